The van der Waals surface area contributed by atoms with Gasteiger partial charge in [-0.1, -0.05) is 26.0 Å². The van der Waals surface area contributed by atoms with E-state index in [1.54, 1.807) is 12.5 Å². The van der Waals surface area contributed by atoms with Crippen LogP contribution in [-0.2, 0) is 4.79 Å². The first-order valence-corrected chi connectivity index (χ1v) is 10.0. The number of methoxy groups -OCH3 is 2. The first-order valence-electron chi connectivity index (χ1n) is 9.17. The lowest BCUT2D eigenvalue weighted by Crippen LogP contribution is -2.47. The summed E-state index contributed by atoms with van der Waals surface area (Å²) in [5, 5.41) is 15.7. The molecule has 1 heterocycles. The molecule has 2 rings (SSSR count). The van der Waals surface area contributed by atoms with Crippen LogP contribution in [0.15, 0.2) is 29.6 Å². The molecule has 1 atom stereocenters. The third-order valence-corrected chi connectivity index (χ3v) is 5.21. The van der Waals surface area contributed by atoms with Crippen LogP contribution in [0.25, 0.3) is 10.4 Å². The number of nitrogens with one attached hydrogen (secondary N) is 2. The highest BCUT2D eigenvalue weighted by molar-refractivity contribution is 7.14. The van der Waals surface area contributed by atoms with Gasteiger partial charge in [-0.15, -0.1) is 11.3 Å². The standard InChI is InChI=1S/C21H25N3O4S/c1-13(2)11-16(21(26)23-10-9-22)24-20(25)15-12-29-19(18(15)28-4)14-7-5-6-8-17(14)27-3/h5-8,12-13,16H,10-11H2,1-4H3,(H,23,26)(H,24,25)/t16-/m0/s1. The topological polar surface area (TPSA) is 100 Å². The van der Waals surface area contributed by atoms with Gasteiger partial charge in [0.15, 0.2) is 0 Å². The van der Waals surface area contributed by atoms with Crippen molar-refractivity contribution in [1.82, 2.24) is 10.6 Å². The highest BCUT2D eigenvalue weighted by Gasteiger charge is 2.26. The molecule has 0 aliphatic carbocycles. The van der Waals surface area contributed by atoms with Gasteiger partial charge < -0.3 is 20.1 Å². The largest absolute Gasteiger partial charge is 0.496 e. The van der Waals surface area contributed by atoms with Crippen LogP contribution in [0.4, 0.5) is 0 Å². The fourth-order valence-corrected chi connectivity index (χ4v) is 3.96. The molecule has 7 nitrogen and oxygen atoms in total. The van der Waals surface area contributed by atoms with E-state index in [-0.39, 0.29) is 18.4 Å². The van der Waals surface area contributed by atoms with Crippen LogP contribution in [0.5, 0.6) is 11.5 Å². The van der Waals surface area contributed by atoms with Crippen LogP contribution in [0.3, 0.4) is 0 Å². The van der Waals surface area contributed by atoms with Crippen LogP contribution in [0, 0.1) is 17.2 Å². The number of carbonyl (C=O) groups is 2. The van der Waals surface area contributed by atoms with Gasteiger partial charge in [0.05, 0.1) is 30.7 Å². The van der Waals surface area contributed by atoms with Crippen LogP contribution in [0.2, 0.25) is 0 Å². The third kappa shape index (κ3) is 5.48. The van der Waals surface area contributed by atoms with Crippen molar-refractivity contribution in [2.24, 2.45) is 5.92 Å². The molecular weight excluding hydrogens is 390 g/mol. The molecular formula is C21H25N3O4S. The smallest absolute Gasteiger partial charge is 0.256 e. The highest BCUT2D eigenvalue weighted by Crippen LogP contribution is 2.43. The zero-order valence-electron chi connectivity index (χ0n) is 16.9. The minimum absolute atomic E-state index is 0.108. The summed E-state index contributed by atoms with van der Waals surface area (Å²) in [6.07, 6.45) is 0.453. The maximum absolute atomic E-state index is 12.9. The zero-order chi connectivity index (χ0) is 21.4. The van der Waals surface area contributed by atoms with Gasteiger partial charge >= 0.3 is 0 Å². The van der Waals surface area contributed by atoms with E-state index in [1.165, 1.54) is 18.4 Å². The fraction of sp³-hybridized carbons (Fsp3) is 0.381. The molecule has 154 valence electrons. The molecule has 0 spiro atoms. The van der Waals surface area contributed by atoms with Crippen molar-refractivity contribution in [3.63, 3.8) is 0 Å². The number of nitriles is 1. The summed E-state index contributed by atoms with van der Waals surface area (Å²) in [7, 11) is 3.09. The lowest BCUT2D eigenvalue weighted by atomic mass is 10.0. The number of rotatable bonds is 9. The van der Waals surface area contributed by atoms with Crippen LogP contribution in [-0.4, -0.2) is 38.6 Å². The Labute approximate surface area is 174 Å². The zero-order valence-corrected chi connectivity index (χ0v) is 17.8. The molecule has 2 amide bonds. The quantitative estimate of drug-likeness (QED) is 0.613. The van der Waals surface area contributed by atoms with Crippen LogP contribution in [0.1, 0.15) is 30.6 Å². The average molecular weight is 416 g/mol. The van der Waals surface area contributed by atoms with Gasteiger partial charge in [-0.05, 0) is 24.5 Å². The van der Waals surface area contributed by atoms with E-state index >= 15 is 0 Å². The molecule has 2 aromatic rings. The predicted octanol–water partition coefficient (Wildman–Crippen LogP) is 3.22. The van der Waals surface area contributed by atoms with Crippen molar-refractivity contribution in [2.75, 3.05) is 20.8 Å². The van der Waals surface area contributed by atoms with Gasteiger partial charge in [-0.3, -0.25) is 9.59 Å². The van der Waals surface area contributed by atoms with Gasteiger partial charge in [0.1, 0.15) is 24.1 Å². The predicted molar refractivity (Wildman–Crippen MR) is 112 cm³/mol. The molecule has 8 heteroatoms. The number of amides is 2. The molecule has 0 aliphatic heterocycles. The molecule has 1 aromatic heterocycles. The number of para-hydroxylation sites is 1. The Kier molecular flexibility index (Phi) is 8.04. The second-order valence-electron chi connectivity index (χ2n) is 6.74. The van der Waals surface area contributed by atoms with E-state index in [1.807, 2.05) is 44.2 Å². The van der Waals surface area contributed by atoms with Gasteiger partial charge in [0.25, 0.3) is 5.91 Å². The van der Waals surface area contributed by atoms with Crippen molar-refractivity contribution in [3.05, 3.63) is 35.2 Å². The van der Waals surface area contributed by atoms with E-state index in [0.717, 1.165) is 10.4 Å². The molecule has 0 radical (unpaired) electrons. The number of hydrogen-bond acceptors (Lipinski definition) is 6. The summed E-state index contributed by atoms with van der Waals surface area (Å²) >= 11 is 1.37. The third-order valence-electron chi connectivity index (χ3n) is 4.22. The molecule has 0 saturated carbocycles. The van der Waals surface area contributed by atoms with E-state index in [9.17, 15) is 9.59 Å². The van der Waals surface area contributed by atoms with Gasteiger partial charge in [-0.2, -0.15) is 5.26 Å². The van der Waals surface area contributed by atoms with E-state index in [2.05, 4.69) is 10.6 Å². The van der Waals surface area contributed by atoms with E-state index in [4.69, 9.17) is 14.7 Å². The molecule has 0 aliphatic rings. The summed E-state index contributed by atoms with van der Waals surface area (Å²) in [6, 6.07) is 8.61. The molecule has 0 fully saturated rings. The Morgan fingerprint density at radius 2 is 1.93 bits per heavy atom. The average Bonchev–Trinajstić information content (AvgIpc) is 3.15. The molecule has 0 unspecified atom stereocenters. The number of hydrogen-bond donors (Lipinski definition) is 2. The lowest BCUT2D eigenvalue weighted by molar-refractivity contribution is -0.123. The maximum Gasteiger partial charge on any atom is 0.256 e. The summed E-state index contributed by atoms with van der Waals surface area (Å²) < 4.78 is 10.9. The summed E-state index contributed by atoms with van der Waals surface area (Å²) in [5.41, 5.74) is 1.17. The normalized spacial score (nSPS) is 11.4. The number of benzene rings is 1. The lowest BCUT2D eigenvalue weighted by Gasteiger charge is -2.19. The first-order chi connectivity index (χ1) is 13.9. The number of thiophene rings is 1. The Hall–Kier alpha value is -3.05. The number of carbonyl (C=O) groups excluding carboxylic acids is 2. The van der Waals surface area contributed by atoms with Crippen LogP contribution < -0.4 is 20.1 Å². The van der Waals surface area contributed by atoms with Gasteiger partial charge in [0, 0.05) is 10.9 Å². The monoisotopic (exact) mass is 415 g/mol. The van der Waals surface area contributed by atoms with Crippen LogP contribution >= 0.6 is 11.3 Å². The van der Waals surface area contributed by atoms with Crippen molar-refractivity contribution in [1.29, 1.82) is 5.26 Å². The van der Waals surface area contributed by atoms with Crippen molar-refractivity contribution in [3.8, 4) is 28.0 Å². The van der Waals surface area contributed by atoms with E-state index in [0.29, 0.717) is 23.5 Å². The highest BCUT2D eigenvalue weighted by atomic mass is 32.1. The summed E-state index contributed by atoms with van der Waals surface area (Å²) in [5.74, 6) is 0.498. The first kappa shape index (κ1) is 22.2. The Bertz CT molecular complexity index is 902. The molecule has 1 aromatic carbocycles. The Morgan fingerprint density at radius 3 is 2.55 bits per heavy atom. The SMILES string of the molecule is COc1ccccc1-c1scc(C(=O)N[C@@H](CC(C)C)C(=O)NCC#N)c1OC. The molecule has 29 heavy (non-hydrogen) atoms. The van der Waals surface area contributed by atoms with Crippen molar-refractivity contribution in [2.45, 2.75) is 26.3 Å². The molecule has 0 saturated heterocycles. The minimum Gasteiger partial charge on any atom is -0.496 e. The Balaban J connectivity index is 2.31. The van der Waals surface area contributed by atoms with Crippen molar-refractivity contribution >= 4 is 23.2 Å². The number of ether oxygens (including phenoxy) is 2. The summed E-state index contributed by atoms with van der Waals surface area (Å²) in [4.78, 5) is 26.0. The maximum atomic E-state index is 12.9. The van der Waals surface area contributed by atoms with Gasteiger partial charge in [0.2, 0.25) is 5.91 Å². The number of nitrogens with zero attached hydrogens (tertiary/aromatic N) is 1. The van der Waals surface area contributed by atoms with E-state index < -0.39 is 11.9 Å². The molecule has 0 bridgehead atoms. The van der Waals surface area contributed by atoms with Crippen molar-refractivity contribution < 1.29 is 19.1 Å². The fourth-order valence-electron chi connectivity index (χ4n) is 2.91. The molecule has 2 N–H and O–H groups in total. The van der Waals surface area contributed by atoms with Gasteiger partial charge in [-0.25, -0.2) is 0 Å². The Morgan fingerprint density at radius 1 is 1.21 bits per heavy atom. The second-order valence-corrected chi connectivity index (χ2v) is 7.62. The summed E-state index contributed by atoms with van der Waals surface area (Å²) in [6.45, 7) is 3.81. The second kappa shape index (κ2) is 10.5. The minimum atomic E-state index is -0.741.